The maximum atomic E-state index is 6.21. The molecule has 23 heavy (non-hydrogen) atoms. The van der Waals surface area contributed by atoms with Gasteiger partial charge >= 0.3 is 0 Å². The third kappa shape index (κ3) is 4.68. The van der Waals surface area contributed by atoms with Gasteiger partial charge in [-0.1, -0.05) is 17.7 Å². The van der Waals surface area contributed by atoms with Crippen LogP contribution in [0.1, 0.15) is 5.56 Å². The Morgan fingerprint density at radius 1 is 0.957 bits per heavy atom. The number of hydrogen-bond acceptors (Lipinski definition) is 5. The van der Waals surface area contributed by atoms with Gasteiger partial charge in [-0.15, -0.1) is 0 Å². The molecule has 0 aliphatic carbocycles. The highest BCUT2D eigenvalue weighted by atomic mass is 35.5. The number of hydrogen-bond donors (Lipinski definition) is 1. The van der Waals surface area contributed by atoms with Crippen molar-refractivity contribution in [2.24, 2.45) is 5.73 Å². The lowest BCUT2D eigenvalue weighted by Gasteiger charge is -2.14. The van der Waals surface area contributed by atoms with Gasteiger partial charge in [-0.05, 0) is 29.8 Å². The second kappa shape index (κ2) is 8.50. The fourth-order valence-electron chi connectivity index (χ4n) is 2.03. The summed E-state index contributed by atoms with van der Waals surface area (Å²) in [6.45, 7) is 1.08. The number of rotatable bonds is 8. The molecule has 0 bridgehead atoms. The van der Waals surface area contributed by atoms with Crippen LogP contribution < -0.4 is 24.7 Å². The lowest BCUT2D eigenvalue weighted by Crippen LogP contribution is -2.10. The molecule has 0 aliphatic heterocycles. The van der Waals surface area contributed by atoms with Crippen LogP contribution in [0.25, 0.3) is 0 Å². The summed E-state index contributed by atoms with van der Waals surface area (Å²) >= 11 is 6.21. The molecule has 0 fully saturated rings. The number of methoxy groups -OCH3 is 2. The van der Waals surface area contributed by atoms with Crippen molar-refractivity contribution in [3.8, 4) is 23.0 Å². The van der Waals surface area contributed by atoms with Crippen molar-refractivity contribution < 1.29 is 18.9 Å². The first kappa shape index (κ1) is 17.2. The molecule has 0 atom stereocenters. The Balaban J connectivity index is 1.93. The SMILES string of the molecule is COc1cccc(OCCOc2c(Cl)cc(CN)cc2OC)c1. The van der Waals surface area contributed by atoms with Gasteiger partial charge in [0.2, 0.25) is 0 Å². The topological polar surface area (TPSA) is 62.9 Å². The lowest BCUT2D eigenvalue weighted by molar-refractivity contribution is 0.211. The van der Waals surface area contributed by atoms with E-state index in [1.807, 2.05) is 30.3 Å². The Labute approximate surface area is 140 Å². The number of benzene rings is 2. The van der Waals surface area contributed by atoms with Crippen molar-refractivity contribution in [2.75, 3.05) is 27.4 Å². The van der Waals surface area contributed by atoms with Crippen LogP contribution in [0, 0.1) is 0 Å². The van der Waals surface area contributed by atoms with E-state index in [4.69, 9.17) is 36.3 Å². The van der Waals surface area contributed by atoms with Crippen LogP contribution in [0.5, 0.6) is 23.0 Å². The van der Waals surface area contributed by atoms with Gasteiger partial charge in [0.1, 0.15) is 24.7 Å². The molecule has 0 spiro atoms. The molecule has 0 saturated carbocycles. The van der Waals surface area contributed by atoms with E-state index < -0.39 is 0 Å². The molecule has 0 saturated heterocycles. The highest BCUT2D eigenvalue weighted by molar-refractivity contribution is 6.32. The number of halogens is 1. The molecule has 2 aromatic carbocycles. The van der Waals surface area contributed by atoms with Gasteiger partial charge in [-0.2, -0.15) is 0 Å². The average molecular weight is 338 g/mol. The zero-order valence-corrected chi connectivity index (χ0v) is 13.9. The van der Waals surface area contributed by atoms with E-state index in [-0.39, 0.29) is 0 Å². The van der Waals surface area contributed by atoms with Crippen molar-refractivity contribution in [2.45, 2.75) is 6.54 Å². The molecular weight excluding hydrogens is 318 g/mol. The zero-order chi connectivity index (χ0) is 16.7. The summed E-state index contributed by atoms with van der Waals surface area (Å²) in [7, 11) is 3.17. The first-order chi connectivity index (χ1) is 11.2. The van der Waals surface area contributed by atoms with E-state index >= 15 is 0 Å². The third-order valence-corrected chi connectivity index (χ3v) is 3.45. The van der Waals surface area contributed by atoms with Crippen LogP contribution in [0.3, 0.4) is 0 Å². The minimum Gasteiger partial charge on any atom is -0.497 e. The Bertz CT molecular complexity index is 648. The van der Waals surface area contributed by atoms with Gasteiger partial charge in [-0.3, -0.25) is 0 Å². The third-order valence-electron chi connectivity index (χ3n) is 3.16. The summed E-state index contributed by atoms with van der Waals surface area (Å²) in [6.07, 6.45) is 0. The van der Waals surface area contributed by atoms with E-state index in [1.54, 1.807) is 20.3 Å². The van der Waals surface area contributed by atoms with Crippen molar-refractivity contribution in [1.29, 1.82) is 0 Å². The maximum absolute atomic E-state index is 6.21. The molecule has 124 valence electrons. The van der Waals surface area contributed by atoms with Crippen molar-refractivity contribution in [3.63, 3.8) is 0 Å². The Morgan fingerprint density at radius 3 is 2.39 bits per heavy atom. The first-order valence-electron chi connectivity index (χ1n) is 7.14. The molecule has 6 heteroatoms. The first-order valence-corrected chi connectivity index (χ1v) is 7.52. The largest absolute Gasteiger partial charge is 0.497 e. The maximum Gasteiger partial charge on any atom is 0.179 e. The molecule has 0 aliphatic rings. The normalized spacial score (nSPS) is 10.3. The van der Waals surface area contributed by atoms with Gasteiger partial charge in [-0.25, -0.2) is 0 Å². The highest BCUT2D eigenvalue weighted by Crippen LogP contribution is 2.36. The van der Waals surface area contributed by atoms with E-state index in [9.17, 15) is 0 Å². The summed E-state index contributed by atoms with van der Waals surface area (Å²) in [4.78, 5) is 0. The molecule has 0 amide bonds. The van der Waals surface area contributed by atoms with Gasteiger partial charge in [0.05, 0.1) is 19.2 Å². The molecule has 0 aromatic heterocycles. The predicted octanol–water partition coefficient (Wildman–Crippen LogP) is 3.27. The summed E-state index contributed by atoms with van der Waals surface area (Å²) in [5.41, 5.74) is 6.50. The molecule has 2 aromatic rings. The number of ether oxygens (including phenoxy) is 4. The molecule has 2 N–H and O–H groups in total. The summed E-state index contributed by atoms with van der Waals surface area (Å²) in [6, 6.07) is 11.0. The second-order valence-electron chi connectivity index (χ2n) is 4.69. The number of nitrogens with two attached hydrogens (primary N) is 1. The quantitative estimate of drug-likeness (QED) is 0.749. The van der Waals surface area contributed by atoms with Gasteiger partial charge in [0.25, 0.3) is 0 Å². The van der Waals surface area contributed by atoms with Crippen molar-refractivity contribution in [1.82, 2.24) is 0 Å². The van der Waals surface area contributed by atoms with Crippen molar-refractivity contribution >= 4 is 11.6 Å². The van der Waals surface area contributed by atoms with Crippen LogP contribution in [-0.4, -0.2) is 27.4 Å². The van der Waals surface area contributed by atoms with Gasteiger partial charge < -0.3 is 24.7 Å². The van der Waals surface area contributed by atoms with E-state index in [2.05, 4.69) is 0 Å². The van der Waals surface area contributed by atoms with E-state index in [0.29, 0.717) is 42.0 Å². The van der Waals surface area contributed by atoms with Gasteiger partial charge in [0.15, 0.2) is 11.5 Å². The predicted molar refractivity (Wildman–Crippen MR) is 89.9 cm³/mol. The summed E-state index contributed by atoms with van der Waals surface area (Å²) < 4.78 is 21.7. The smallest absolute Gasteiger partial charge is 0.179 e. The van der Waals surface area contributed by atoms with Crippen LogP contribution in [0.4, 0.5) is 0 Å². The Hall–Kier alpha value is -2.11. The lowest BCUT2D eigenvalue weighted by atomic mass is 10.2. The summed E-state index contributed by atoms with van der Waals surface area (Å²) in [5, 5.41) is 0.464. The molecule has 0 unspecified atom stereocenters. The molecule has 0 heterocycles. The minimum atomic E-state index is 0.329. The molecular formula is C17H20ClNO4. The average Bonchev–Trinajstić information content (AvgIpc) is 2.59. The molecule has 0 radical (unpaired) electrons. The Morgan fingerprint density at radius 2 is 1.70 bits per heavy atom. The fraction of sp³-hybridized carbons (Fsp3) is 0.294. The van der Waals surface area contributed by atoms with Crippen LogP contribution in [-0.2, 0) is 6.54 Å². The summed E-state index contributed by atoms with van der Waals surface area (Å²) in [5.74, 6) is 2.50. The minimum absolute atomic E-state index is 0.329. The molecule has 2 rings (SSSR count). The van der Waals surface area contributed by atoms with Crippen LogP contribution >= 0.6 is 11.6 Å². The van der Waals surface area contributed by atoms with E-state index in [0.717, 1.165) is 11.3 Å². The van der Waals surface area contributed by atoms with Crippen molar-refractivity contribution in [3.05, 3.63) is 47.0 Å². The standard InChI is InChI=1S/C17H20ClNO4/c1-20-13-4-3-5-14(10-13)22-6-7-23-17-15(18)8-12(11-19)9-16(17)21-2/h3-5,8-10H,6-7,11,19H2,1-2H3. The zero-order valence-electron chi connectivity index (χ0n) is 13.2. The second-order valence-corrected chi connectivity index (χ2v) is 5.10. The van der Waals surface area contributed by atoms with Crippen LogP contribution in [0.15, 0.2) is 36.4 Å². The van der Waals surface area contributed by atoms with Crippen LogP contribution in [0.2, 0.25) is 5.02 Å². The van der Waals surface area contributed by atoms with E-state index in [1.165, 1.54) is 0 Å². The monoisotopic (exact) mass is 337 g/mol. The fourth-order valence-corrected chi connectivity index (χ4v) is 2.31. The molecule has 5 nitrogen and oxygen atoms in total. The Kier molecular flexibility index (Phi) is 6.38. The highest BCUT2D eigenvalue weighted by Gasteiger charge is 2.11. The van der Waals surface area contributed by atoms with Gasteiger partial charge in [0, 0.05) is 12.6 Å².